The first-order valence-electron chi connectivity index (χ1n) is 8.35. The van der Waals surface area contributed by atoms with Gasteiger partial charge in [0.25, 0.3) is 5.91 Å². The summed E-state index contributed by atoms with van der Waals surface area (Å²) in [6.07, 6.45) is 7.16. The summed E-state index contributed by atoms with van der Waals surface area (Å²) >= 11 is 0. The molecule has 1 unspecified atom stereocenters. The summed E-state index contributed by atoms with van der Waals surface area (Å²) in [4.78, 5) is 38.5. The quantitative estimate of drug-likeness (QED) is 0.791. The maximum absolute atomic E-state index is 12.6. The van der Waals surface area contributed by atoms with Crippen LogP contribution in [-0.2, 0) is 11.3 Å². The Morgan fingerprint density at radius 2 is 2.04 bits per heavy atom. The maximum Gasteiger partial charge on any atom is 0.274 e. The topological polar surface area (TPSA) is 88.1 Å². The van der Waals surface area contributed by atoms with E-state index in [9.17, 15) is 9.59 Å². The molecule has 2 aromatic rings. The molecule has 1 atom stereocenters. The van der Waals surface area contributed by atoms with E-state index in [0.717, 1.165) is 12.1 Å². The van der Waals surface area contributed by atoms with Crippen molar-refractivity contribution in [2.45, 2.75) is 39.3 Å². The molecule has 1 N–H and O–H groups in total. The van der Waals surface area contributed by atoms with Gasteiger partial charge in [-0.1, -0.05) is 13.0 Å². The van der Waals surface area contributed by atoms with Crippen molar-refractivity contribution >= 4 is 11.8 Å². The fourth-order valence-electron chi connectivity index (χ4n) is 2.30. The van der Waals surface area contributed by atoms with Gasteiger partial charge in [-0.05, 0) is 25.5 Å². The molecule has 0 bridgehead atoms. The summed E-state index contributed by atoms with van der Waals surface area (Å²) < 4.78 is 0. The van der Waals surface area contributed by atoms with Crippen LogP contribution in [0.2, 0.25) is 0 Å². The van der Waals surface area contributed by atoms with Gasteiger partial charge in [0.15, 0.2) is 0 Å². The highest BCUT2D eigenvalue weighted by atomic mass is 16.2. The van der Waals surface area contributed by atoms with Crippen LogP contribution in [0.5, 0.6) is 0 Å². The highest BCUT2D eigenvalue weighted by Gasteiger charge is 2.22. The van der Waals surface area contributed by atoms with Crippen LogP contribution in [0.1, 0.15) is 42.9 Å². The molecule has 0 aliphatic rings. The van der Waals surface area contributed by atoms with E-state index < -0.39 is 0 Å². The molecule has 0 radical (unpaired) electrons. The Hall–Kier alpha value is -2.83. The SMILES string of the molecule is CCC(C)N(CCC(=O)NCc1ccccn1)C(=O)c1cnccn1. The van der Waals surface area contributed by atoms with E-state index in [1.807, 2.05) is 32.0 Å². The Morgan fingerprint density at radius 3 is 2.68 bits per heavy atom. The Balaban J connectivity index is 1.91. The lowest BCUT2D eigenvalue weighted by molar-refractivity contribution is -0.121. The van der Waals surface area contributed by atoms with E-state index in [-0.39, 0.29) is 30.0 Å². The van der Waals surface area contributed by atoms with Gasteiger partial charge in [-0.25, -0.2) is 4.98 Å². The van der Waals surface area contributed by atoms with Gasteiger partial charge in [0.05, 0.1) is 18.4 Å². The predicted molar refractivity (Wildman–Crippen MR) is 93.5 cm³/mol. The molecule has 0 saturated carbocycles. The minimum Gasteiger partial charge on any atom is -0.350 e. The van der Waals surface area contributed by atoms with Crippen LogP contribution < -0.4 is 5.32 Å². The Kier molecular flexibility index (Phi) is 7.00. The van der Waals surface area contributed by atoms with Crippen LogP contribution in [0.4, 0.5) is 0 Å². The van der Waals surface area contributed by atoms with Gasteiger partial charge in [0.1, 0.15) is 5.69 Å². The molecule has 0 fully saturated rings. The largest absolute Gasteiger partial charge is 0.350 e. The highest BCUT2D eigenvalue weighted by Crippen LogP contribution is 2.09. The van der Waals surface area contributed by atoms with Gasteiger partial charge >= 0.3 is 0 Å². The molecule has 0 spiro atoms. The minimum atomic E-state index is -0.208. The summed E-state index contributed by atoms with van der Waals surface area (Å²) in [6, 6.07) is 5.56. The minimum absolute atomic E-state index is 0.0121. The molecule has 132 valence electrons. The van der Waals surface area contributed by atoms with E-state index >= 15 is 0 Å². The molecule has 7 nitrogen and oxygen atoms in total. The van der Waals surface area contributed by atoms with Crippen molar-refractivity contribution in [3.63, 3.8) is 0 Å². The van der Waals surface area contributed by atoms with Crippen molar-refractivity contribution in [3.05, 3.63) is 54.4 Å². The number of rotatable bonds is 8. The summed E-state index contributed by atoms with van der Waals surface area (Å²) in [5.41, 5.74) is 1.09. The van der Waals surface area contributed by atoms with E-state index in [1.165, 1.54) is 18.6 Å². The van der Waals surface area contributed by atoms with Gasteiger partial charge in [-0.3, -0.25) is 19.6 Å². The van der Waals surface area contributed by atoms with E-state index in [4.69, 9.17) is 0 Å². The monoisotopic (exact) mass is 341 g/mol. The first-order chi connectivity index (χ1) is 12.1. The molecular formula is C18H23N5O2. The van der Waals surface area contributed by atoms with Crippen molar-refractivity contribution < 1.29 is 9.59 Å². The van der Waals surface area contributed by atoms with Crippen molar-refractivity contribution in [1.29, 1.82) is 0 Å². The van der Waals surface area contributed by atoms with Crippen LogP contribution in [0.15, 0.2) is 43.0 Å². The third-order valence-electron chi connectivity index (χ3n) is 3.94. The van der Waals surface area contributed by atoms with Gasteiger partial charge in [0.2, 0.25) is 5.91 Å². The van der Waals surface area contributed by atoms with Crippen LogP contribution in [0.25, 0.3) is 0 Å². The second-order valence-electron chi connectivity index (χ2n) is 5.69. The molecule has 2 rings (SSSR count). The van der Waals surface area contributed by atoms with Crippen LogP contribution in [0, 0.1) is 0 Å². The number of hydrogen-bond acceptors (Lipinski definition) is 5. The lowest BCUT2D eigenvalue weighted by Crippen LogP contribution is -2.41. The number of amides is 2. The fraction of sp³-hybridized carbons (Fsp3) is 0.389. The highest BCUT2D eigenvalue weighted by molar-refractivity contribution is 5.92. The average Bonchev–Trinajstić information content (AvgIpc) is 2.67. The summed E-state index contributed by atoms with van der Waals surface area (Å²) in [7, 11) is 0. The van der Waals surface area contributed by atoms with E-state index in [2.05, 4.69) is 20.3 Å². The third kappa shape index (κ3) is 5.63. The number of carbonyl (C=O) groups is 2. The van der Waals surface area contributed by atoms with E-state index in [1.54, 1.807) is 11.1 Å². The van der Waals surface area contributed by atoms with Crippen molar-refractivity contribution in [2.75, 3.05) is 6.54 Å². The number of nitrogens with zero attached hydrogens (tertiary/aromatic N) is 4. The van der Waals surface area contributed by atoms with Gasteiger partial charge in [-0.15, -0.1) is 0 Å². The van der Waals surface area contributed by atoms with Crippen LogP contribution in [-0.4, -0.2) is 44.3 Å². The Labute approximate surface area is 147 Å². The number of pyridine rings is 1. The lowest BCUT2D eigenvalue weighted by Gasteiger charge is -2.28. The lowest BCUT2D eigenvalue weighted by atomic mass is 10.2. The van der Waals surface area contributed by atoms with Gasteiger partial charge < -0.3 is 10.2 Å². The van der Waals surface area contributed by atoms with Gasteiger partial charge in [0, 0.05) is 37.6 Å². The van der Waals surface area contributed by atoms with Crippen LogP contribution in [0.3, 0.4) is 0 Å². The summed E-state index contributed by atoms with van der Waals surface area (Å²) in [6.45, 7) is 4.67. The maximum atomic E-state index is 12.6. The second kappa shape index (κ2) is 9.46. The molecule has 7 heteroatoms. The Morgan fingerprint density at radius 1 is 1.20 bits per heavy atom. The second-order valence-corrected chi connectivity index (χ2v) is 5.69. The van der Waals surface area contributed by atoms with Crippen molar-refractivity contribution in [2.24, 2.45) is 0 Å². The van der Waals surface area contributed by atoms with Crippen molar-refractivity contribution in [1.82, 2.24) is 25.2 Å². The molecule has 25 heavy (non-hydrogen) atoms. The first-order valence-corrected chi connectivity index (χ1v) is 8.35. The predicted octanol–water partition coefficient (Wildman–Crippen LogP) is 1.82. The molecule has 0 aromatic carbocycles. The number of carbonyl (C=O) groups excluding carboxylic acids is 2. The molecule has 0 aliphatic carbocycles. The number of aromatic nitrogens is 3. The number of hydrogen-bond donors (Lipinski definition) is 1. The summed E-state index contributed by atoms with van der Waals surface area (Å²) in [5, 5.41) is 2.82. The van der Waals surface area contributed by atoms with Crippen LogP contribution >= 0.6 is 0 Å². The third-order valence-corrected chi connectivity index (χ3v) is 3.94. The zero-order valence-electron chi connectivity index (χ0n) is 14.6. The molecular weight excluding hydrogens is 318 g/mol. The standard InChI is InChI=1S/C18H23N5O2/c1-3-14(2)23(18(25)16-13-19-9-10-21-16)11-7-17(24)22-12-15-6-4-5-8-20-15/h4-6,8-10,13-14H,3,7,11-12H2,1-2H3,(H,22,24). The van der Waals surface area contributed by atoms with E-state index in [0.29, 0.717) is 13.1 Å². The normalized spacial score (nSPS) is 11.6. The number of nitrogens with one attached hydrogen (secondary N) is 1. The molecule has 0 saturated heterocycles. The van der Waals surface area contributed by atoms with Crippen molar-refractivity contribution in [3.8, 4) is 0 Å². The molecule has 2 aromatic heterocycles. The molecule has 2 amide bonds. The summed E-state index contributed by atoms with van der Waals surface area (Å²) in [5.74, 6) is -0.328. The zero-order valence-corrected chi connectivity index (χ0v) is 14.6. The Bertz CT molecular complexity index is 678. The fourth-order valence-corrected chi connectivity index (χ4v) is 2.30. The molecule has 2 heterocycles. The van der Waals surface area contributed by atoms with Gasteiger partial charge in [-0.2, -0.15) is 0 Å². The zero-order chi connectivity index (χ0) is 18.1. The smallest absolute Gasteiger partial charge is 0.274 e. The average molecular weight is 341 g/mol. The molecule has 0 aliphatic heterocycles. The first kappa shape index (κ1) is 18.5.